The van der Waals surface area contributed by atoms with Crippen LogP contribution in [-0.4, -0.2) is 31.4 Å². The van der Waals surface area contributed by atoms with Crippen molar-refractivity contribution in [2.45, 2.75) is 71.1 Å². The van der Waals surface area contributed by atoms with Crippen LogP contribution < -0.4 is 0 Å². The summed E-state index contributed by atoms with van der Waals surface area (Å²) < 4.78 is 9.75. The Morgan fingerprint density at radius 3 is 2.50 bits per heavy atom. The fraction of sp³-hybridized carbons (Fsp3) is 0.824. The summed E-state index contributed by atoms with van der Waals surface area (Å²) in [7, 11) is 1.39. The van der Waals surface area contributed by atoms with Gasteiger partial charge in [-0.15, -0.1) is 0 Å². The van der Waals surface area contributed by atoms with E-state index in [-0.39, 0.29) is 17.7 Å². The van der Waals surface area contributed by atoms with Crippen LogP contribution in [-0.2, 0) is 23.9 Å². The van der Waals surface area contributed by atoms with Gasteiger partial charge in [0.05, 0.1) is 13.7 Å². The Hall–Kier alpha value is -1.39. The number of hydrogen-bond donors (Lipinski definition) is 0. The second kappa shape index (κ2) is 9.59. The molecule has 0 amide bonds. The third kappa shape index (κ3) is 5.11. The van der Waals surface area contributed by atoms with E-state index in [1.54, 1.807) is 6.92 Å². The van der Waals surface area contributed by atoms with Crippen LogP contribution in [0.3, 0.4) is 0 Å². The van der Waals surface area contributed by atoms with E-state index in [1.807, 2.05) is 0 Å². The fourth-order valence-electron chi connectivity index (χ4n) is 3.09. The molecule has 1 aliphatic rings. The smallest absolute Gasteiger partial charge is 0.319 e. The third-order valence-electron chi connectivity index (χ3n) is 4.42. The number of ether oxygens (including phenoxy) is 2. The summed E-state index contributed by atoms with van der Waals surface area (Å²) in [5, 5.41) is 0. The van der Waals surface area contributed by atoms with Gasteiger partial charge >= 0.3 is 11.9 Å². The first-order valence-electron chi connectivity index (χ1n) is 8.34. The first-order chi connectivity index (χ1) is 10.6. The Morgan fingerprint density at radius 1 is 1.14 bits per heavy atom. The van der Waals surface area contributed by atoms with Crippen molar-refractivity contribution in [2.75, 3.05) is 13.7 Å². The van der Waals surface area contributed by atoms with Gasteiger partial charge < -0.3 is 9.47 Å². The lowest BCUT2D eigenvalue weighted by atomic mass is 9.70. The van der Waals surface area contributed by atoms with Crippen molar-refractivity contribution >= 4 is 17.7 Å². The normalized spacial score (nSPS) is 21.5. The molecular formula is C17H28O5. The van der Waals surface area contributed by atoms with Gasteiger partial charge in [-0.1, -0.05) is 25.7 Å². The number of esters is 2. The Labute approximate surface area is 132 Å². The predicted molar refractivity (Wildman–Crippen MR) is 82.3 cm³/mol. The van der Waals surface area contributed by atoms with Crippen molar-refractivity contribution in [2.24, 2.45) is 5.41 Å². The number of ketones is 1. The Kier molecular flexibility index (Phi) is 8.13. The molecule has 1 unspecified atom stereocenters. The average Bonchev–Trinajstić information content (AvgIpc) is 2.52. The van der Waals surface area contributed by atoms with Crippen LogP contribution in [0.25, 0.3) is 0 Å². The summed E-state index contributed by atoms with van der Waals surface area (Å²) in [6, 6.07) is 0. The van der Waals surface area contributed by atoms with Gasteiger partial charge in [-0.3, -0.25) is 14.4 Å². The Balaban J connectivity index is 2.44. The monoisotopic (exact) mass is 312 g/mol. The van der Waals surface area contributed by atoms with E-state index in [1.165, 1.54) is 7.11 Å². The molecule has 0 bridgehead atoms. The van der Waals surface area contributed by atoms with E-state index < -0.39 is 5.41 Å². The quantitative estimate of drug-likeness (QED) is 0.371. The van der Waals surface area contributed by atoms with Gasteiger partial charge in [0.25, 0.3) is 0 Å². The fourth-order valence-corrected chi connectivity index (χ4v) is 3.09. The molecule has 0 aliphatic heterocycles. The van der Waals surface area contributed by atoms with Gasteiger partial charge in [0.15, 0.2) is 0 Å². The first-order valence-corrected chi connectivity index (χ1v) is 8.34. The van der Waals surface area contributed by atoms with Crippen LogP contribution in [0.5, 0.6) is 0 Å². The SMILES string of the molecule is CCOC(=O)C1(CCCCCCC(=O)OC)CCCCC1=O. The van der Waals surface area contributed by atoms with Crippen molar-refractivity contribution in [1.82, 2.24) is 0 Å². The standard InChI is InChI=1S/C17H28O5/c1-3-22-16(20)17(13-9-7-10-14(17)18)12-8-5-4-6-11-15(19)21-2/h3-13H2,1-2H3. The zero-order valence-corrected chi connectivity index (χ0v) is 13.8. The molecule has 1 rings (SSSR count). The van der Waals surface area contributed by atoms with Gasteiger partial charge in [-0.25, -0.2) is 0 Å². The molecule has 0 aromatic carbocycles. The molecule has 1 aliphatic carbocycles. The Morgan fingerprint density at radius 2 is 1.86 bits per heavy atom. The largest absolute Gasteiger partial charge is 0.469 e. The molecule has 126 valence electrons. The van der Waals surface area contributed by atoms with Crippen LogP contribution in [0.15, 0.2) is 0 Å². The highest BCUT2D eigenvalue weighted by atomic mass is 16.5. The number of Topliss-reactive ketones (excluding diaryl/α,β-unsaturated/α-hetero) is 1. The van der Waals surface area contributed by atoms with E-state index in [0.717, 1.165) is 38.5 Å². The van der Waals surface area contributed by atoms with Crippen molar-refractivity contribution in [3.63, 3.8) is 0 Å². The summed E-state index contributed by atoms with van der Waals surface area (Å²) in [5.41, 5.74) is -0.906. The van der Waals surface area contributed by atoms with E-state index in [9.17, 15) is 14.4 Å². The average molecular weight is 312 g/mol. The van der Waals surface area contributed by atoms with E-state index >= 15 is 0 Å². The summed E-state index contributed by atoms with van der Waals surface area (Å²) in [5.74, 6) is -0.480. The maximum absolute atomic E-state index is 12.3. The molecule has 0 aromatic heterocycles. The van der Waals surface area contributed by atoms with E-state index in [2.05, 4.69) is 4.74 Å². The molecular weight excluding hydrogens is 284 g/mol. The lowest BCUT2D eigenvalue weighted by molar-refractivity contribution is -0.163. The van der Waals surface area contributed by atoms with Gasteiger partial charge in [0.1, 0.15) is 11.2 Å². The molecule has 0 heterocycles. The van der Waals surface area contributed by atoms with Gasteiger partial charge in [-0.05, 0) is 32.6 Å². The summed E-state index contributed by atoms with van der Waals surface area (Å²) in [6.07, 6.45) is 7.30. The highest BCUT2D eigenvalue weighted by Gasteiger charge is 2.47. The number of carbonyl (C=O) groups is 3. The van der Waals surface area contributed by atoms with Gasteiger partial charge in [-0.2, -0.15) is 0 Å². The van der Waals surface area contributed by atoms with Crippen molar-refractivity contribution in [3.8, 4) is 0 Å². The highest BCUT2D eigenvalue weighted by molar-refractivity contribution is 6.04. The first kappa shape index (κ1) is 18.7. The van der Waals surface area contributed by atoms with Crippen LogP contribution in [0.4, 0.5) is 0 Å². The highest BCUT2D eigenvalue weighted by Crippen LogP contribution is 2.39. The molecule has 5 heteroatoms. The summed E-state index contributed by atoms with van der Waals surface area (Å²) in [6.45, 7) is 2.08. The van der Waals surface area contributed by atoms with Gasteiger partial charge in [0.2, 0.25) is 0 Å². The van der Waals surface area contributed by atoms with Crippen molar-refractivity contribution in [3.05, 3.63) is 0 Å². The molecule has 0 saturated heterocycles. The van der Waals surface area contributed by atoms with Crippen LogP contribution in [0.1, 0.15) is 71.1 Å². The number of rotatable bonds is 9. The lowest BCUT2D eigenvalue weighted by Gasteiger charge is -2.33. The van der Waals surface area contributed by atoms with Crippen LogP contribution in [0, 0.1) is 5.41 Å². The van der Waals surface area contributed by atoms with Crippen LogP contribution >= 0.6 is 0 Å². The predicted octanol–water partition coefficient (Wildman–Crippen LogP) is 3.19. The molecule has 5 nitrogen and oxygen atoms in total. The number of unbranched alkanes of at least 4 members (excludes halogenated alkanes) is 3. The second-order valence-electron chi connectivity index (χ2n) is 5.92. The Bertz CT molecular complexity index is 391. The lowest BCUT2D eigenvalue weighted by Crippen LogP contribution is -2.43. The third-order valence-corrected chi connectivity index (χ3v) is 4.42. The van der Waals surface area contributed by atoms with E-state index in [4.69, 9.17) is 4.74 Å². The molecule has 0 spiro atoms. The number of methoxy groups -OCH3 is 1. The zero-order valence-electron chi connectivity index (χ0n) is 13.8. The number of hydrogen-bond acceptors (Lipinski definition) is 5. The molecule has 22 heavy (non-hydrogen) atoms. The van der Waals surface area contributed by atoms with E-state index in [0.29, 0.717) is 32.3 Å². The van der Waals surface area contributed by atoms with Crippen molar-refractivity contribution in [1.29, 1.82) is 0 Å². The minimum Gasteiger partial charge on any atom is -0.469 e. The molecule has 1 saturated carbocycles. The number of carbonyl (C=O) groups excluding carboxylic acids is 3. The summed E-state index contributed by atoms with van der Waals surface area (Å²) >= 11 is 0. The zero-order chi connectivity index (χ0) is 16.4. The minimum absolute atomic E-state index is 0.0479. The maximum atomic E-state index is 12.3. The topological polar surface area (TPSA) is 69.7 Å². The summed E-state index contributed by atoms with van der Waals surface area (Å²) in [4.78, 5) is 35.6. The maximum Gasteiger partial charge on any atom is 0.319 e. The van der Waals surface area contributed by atoms with Gasteiger partial charge in [0, 0.05) is 12.8 Å². The molecule has 0 aromatic rings. The van der Waals surface area contributed by atoms with Crippen molar-refractivity contribution < 1.29 is 23.9 Å². The molecule has 0 N–H and O–H groups in total. The van der Waals surface area contributed by atoms with Crippen LogP contribution in [0.2, 0.25) is 0 Å². The molecule has 1 fully saturated rings. The minimum atomic E-state index is -0.906. The molecule has 0 radical (unpaired) electrons. The molecule has 1 atom stereocenters. The second-order valence-corrected chi connectivity index (χ2v) is 5.92.